The lowest BCUT2D eigenvalue weighted by atomic mass is 9.74. The van der Waals surface area contributed by atoms with Crippen LogP contribution in [-0.2, 0) is 0 Å². The van der Waals surface area contributed by atoms with Gasteiger partial charge in [0.2, 0.25) is 0 Å². The highest BCUT2D eigenvalue weighted by Crippen LogP contribution is 2.40. The van der Waals surface area contributed by atoms with Crippen molar-refractivity contribution in [1.29, 1.82) is 0 Å². The van der Waals surface area contributed by atoms with Crippen molar-refractivity contribution in [2.75, 3.05) is 0 Å². The van der Waals surface area contributed by atoms with Gasteiger partial charge in [-0.25, -0.2) is 13.2 Å². The molecule has 28 heavy (non-hydrogen) atoms. The highest BCUT2D eigenvalue weighted by Gasteiger charge is 2.26. The molecule has 2 saturated carbocycles. The number of halogens is 3. The number of benzene rings is 1. The van der Waals surface area contributed by atoms with E-state index in [2.05, 4.69) is 6.58 Å². The summed E-state index contributed by atoms with van der Waals surface area (Å²) in [6, 6.07) is 2.38. The molecule has 0 spiro atoms. The summed E-state index contributed by atoms with van der Waals surface area (Å²) < 4.78 is 40.2. The molecule has 156 valence electrons. The third-order valence-electron chi connectivity index (χ3n) is 7.29. The minimum Gasteiger partial charge on any atom is -0.204 e. The van der Waals surface area contributed by atoms with Crippen molar-refractivity contribution >= 4 is 0 Å². The van der Waals surface area contributed by atoms with E-state index in [1.54, 1.807) is 0 Å². The molecule has 0 radical (unpaired) electrons. The summed E-state index contributed by atoms with van der Waals surface area (Å²) in [5, 5.41) is 0. The van der Waals surface area contributed by atoms with Crippen LogP contribution in [0.1, 0.15) is 95.0 Å². The molecule has 2 fully saturated rings. The van der Waals surface area contributed by atoms with E-state index in [0.717, 1.165) is 49.9 Å². The molecule has 3 rings (SSSR count). The number of hydrogen-bond donors (Lipinski definition) is 0. The SMILES string of the molecule is C=CCCCC1CCC(CCC2CCC(c3cc(F)c(F)c(F)c3)CC2)CC1. The molecule has 0 nitrogen and oxygen atoms in total. The zero-order valence-corrected chi connectivity index (χ0v) is 17.1. The maximum atomic E-state index is 13.5. The molecular weight excluding hydrogens is 357 g/mol. The Morgan fingerprint density at radius 3 is 1.71 bits per heavy atom. The third kappa shape index (κ3) is 5.87. The standard InChI is InChI=1S/C25H35F3/c1-2-3-4-5-18-6-8-19(9-7-18)10-11-20-12-14-21(15-13-20)22-16-23(26)25(28)24(27)17-22/h2,16-21H,1,3-15H2. The molecular formula is C25H35F3. The van der Waals surface area contributed by atoms with Crippen molar-refractivity contribution < 1.29 is 13.2 Å². The minimum absolute atomic E-state index is 0.173. The number of hydrogen-bond acceptors (Lipinski definition) is 0. The van der Waals surface area contributed by atoms with E-state index in [1.807, 2.05) is 6.08 Å². The van der Waals surface area contributed by atoms with E-state index >= 15 is 0 Å². The van der Waals surface area contributed by atoms with Crippen molar-refractivity contribution in [3.05, 3.63) is 47.8 Å². The van der Waals surface area contributed by atoms with Crippen molar-refractivity contribution in [2.45, 2.75) is 89.4 Å². The quantitative estimate of drug-likeness (QED) is 0.237. The second-order valence-corrected chi connectivity index (χ2v) is 9.20. The Bertz CT molecular complexity index is 600. The molecule has 3 heteroatoms. The summed E-state index contributed by atoms with van der Waals surface area (Å²) in [4.78, 5) is 0. The van der Waals surface area contributed by atoms with Crippen LogP contribution in [0.25, 0.3) is 0 Å². The van der Waals surface area contributed by atoms with Crippen LogP contribution in [0.3, 0.4) is 0 Å². The van der Waals surface area contributed by atoms with E-state index in [4.69, 9.17) is 0 Å². The fourth-order valence-corrected chi connectivity index (χ4v) is 5.43. The smallest absolute Gasteiger partial charge is 0.194 e. The lowest BCUT2D eigenvalue weighted by molar-refractivity contribution is 0.223. The van der Waals surface area contributed by atoms with Crippen molar-refractivity contribution in [3.63, 3.8) is 0 Å². The minimum atomic E-state index is -1.35. The Hall–Kier alpha value is -1.25. The van der Waals surface area contributed by atoms with Gasteiger partial charge in [0.15, 0.2) is 17.5 Å². The molecule has 0 saturated heterocycles. The van der Waals surface area contributed by atoms with Crippen molar-refractivity contribution in [3.8, 4) is 0 Å². The maximum Gasteiger partial charge on any atom is 0.194 e. The maximum absolute atomic E-state index is 13.5. The van der Waals surface area contributed by atoms with Gasteiger partial charge in [-0.3, -0.25) is 0 Å². The van der Waals surface area contributed by atoms with Gasteiger partial charge in [-0.05, 0) is 79.9 Å². The molecule has 2 aliphatic rings. The van der Waals surface area contributed by atoms with Gasteiger partial charge in [0.25, 0.3) is 0 Å². The van der Waals surface area contributed by atoms with Crippen LogP contribution in [0.5, 0.6) is 0 Å². The largest absolute Gasteiger partial charge is 0.204 e. The van der Waals surface area contributed by atoms with E-state index in [-0.39, 0.29) is 5.92 Å². The van der Waals surface area contributed by atoms with Crippen molar-refractivity contribution in [1.82, 2.24) is 0 Å². The molecule has 1 aromatic rings. The highest BCUT2D eigenvalue weighted by molar-refractivity contribution is 5.23. The van der Waals surface area contributed by atoms with E-state index in [0.29, 0.717) is 5.56 Å². The average Bonchev–Trinajstić information content (AvgIpc) is 2.71. The second kappa shape index (κ2) is 10.5. The summed E-state index contributed by atoms with van der Waals surface area (Å²) >= 11 is 0. The number of allylic oxidation sites excluding steroid dienone is 1. The predicted molar refractivity (Wildman–Crippen MR) is 110 cm³/mol. The van der Waals surface area contributed by atoms with E-state index in [9.17, 15) is 13.2 Å². The van der Waals surface area contributed by atoms with Crippen LogP contribution in [0.2, 0.25) is 0 Å². The molecule has 0 aromatic heterocycles. The van der Waals surface area contributed by atoms with Crippen LogP contribution in [0.15, 0.2) is 24.8 Å². The molecule has 0 unspecified atom stereocenters. The second-order valence-electron chi connectivity index (χ2n) is 9.20. The predicted octanol–water partition coefficient (Wildman–Crippen LogP) is 8.32. The number of rotatable bonds is 8. The Morgan fingerprint density at radius 2 is 1.21 bits per heavy atom. The van der Waals surface area contributed by atoms with Gasteiger partial charge in [-0.1, -0.05) is 51.0 Å². The molecule has 0 aliphatic heterocycles. The van der Waals surface area contributed by atoms with Gasteiger partial charge in [0, 0.05) is 0 Å². The molecule has 1 aromatic carbocycles. The zero-order chi connectivity index (χ0) is 19.9. The van der Waals surface area contributed by atoms with Crippen LogP contribution in [0, 0.1) is 35.2 Å². The molecule has 0 heterocycles. The third-order valence-corrected chi connectivity index (χ3v) is 7.29. The summed E-state index contributed by atoms with van der Waals surface area (Å²) in [5.41, 5.74) is 0.629. The zero-order valence-electron chi connectivity index (χ0n) is 17.1. The van der Waals surface area contributed by atoms with Gasteiger partial charge in [-0.15, -0.1) is 6.58 Å². The topological polar surface area (TPSA) is 0 Å². The van der Waals surface area contributed by atoms with Crippen molar-refractivity contribution in [2.24, 2.45) is 17.8 Å². The van der Waals surface area contributed by atoms with Crippen LogP contribution in [0.4, 0.5) is 13.2 Å². The monoisotopic (exact) mass is 392 g/mol. The summed E-state index contributed by atoms with van der Waals surface area (Å²) in [6.45, 7) is 3.81. The van der Waals surface area contributed by atoms with E-state index < -0.39 is 17.5 Å². The van der Waals surface area contributed by atoms with Gasteiger partial charge in [0.1, 0.15) is 0 Å². The first-order chi connectivity index (χ1) is 13.6. The lowest BCUT2D eigenvalue weighted by Crippen LogP contribution is -2.18. The summed E-state index contributed by atoms with van der Waals surface area (Å²) in [6.07, 6.45) is 18.2. The van der Waals surface area contributed by atoms with Gasteiger partial charge >= 0.3 is 0 Å². The Morgan fingerprint density at radius 1 is 0.750 bits per heavy atom. The van der Waals surface area contributed by atoms with Gasteiger partial charge < -0.3 is 0 Å². The first-order valence-electron chi connectivity index (χ1n) is 11.3. The first kappa shape index (κ1) is 21.5. The molecule has 0 atom stereocenters. The van der Waals surface area contributed by atoms with Crippen LogP contribution >= 0.6 is 0 Å². The number of unbranched alkanes of at least 4 members (excludes halogenated alkanes) is 1. The summed E-state index contributed by atoms with van der Waals surface area (Å²) in [5.74, 6) is -0.720. The highest BCUT2D eigenvalue weighted by atomic mass is 19.2. The molecule has 0 N–H and O–H groups in total. The van der Waals surface area contributed by atoms with Gasteiger partial charge in [-0.2, -0.15) is 0 Å². The molecule has 0 amide bonds. The lowest BCUT2D eigenvalue weighted by Gasteiger charge is -2.32. The Labute approximate surface area is 168 Å². The van der Waals surface area contributed by atoms with Gasteiger partial charge in [0.05, 0.1) is 0 Å². The summed E-state index contributed by atoms with van der Waals surface area (Å²) in [7, 11) is 0. The normalized spacial score (nSPS) is 28.2. The van der Waals surface area contributed by atoms with Crippen LogP contribution in [-0.4, -0.2) is 0 Å². The average molecular weight is 393 g/mol. The fraction of sp³-hybridized carbons (Fsp3) is 0.680. The Balaban J connectivity index is 1.36. The molecule has 0 bridgehead atoms. The molecule has 2 aliphatic carbocycles. The Kier molecular flexibility index (Phi) is 8.05. The first-order valence-corrected chi connectivity index (χ1v) is 11.3. The fourth-order valence-electron chi connectivity index (χ4n) is 5.43. The van der Waals surface area contributed by atoms with Crippen LogP contribution < -0.4 is 0 Å². The van der Waals surface area contributed by atoms with E-state index in [1.165, 1.54) is 63.5 Å².